The molecule has 0 bridgehead atoms. The molecule has 0 aromatic heterocycles. The Labute approximate surface area is 93.0 Å². The predicted molar refractivity (Wildman–Crippen MR) is 62.5 cm³/mol. The van der Waals surface area contributed by atoms with Crippen molar-refractivity contribution in [3.63, 3.8) is 0 Å². The third-order valence-corrected chi connectivity index (χ3v) is 3.64. The molecule has 0 aliphatic heterocycles. The number of rotatable bonds is 3. The summed E-state index contributed by atoms with van der Waals surface area (Å²) >= 11 is 0. The van der Waals surface area contributed by atoms with Gasteiger partial charge in [0, 0.05) is 13.1 Å². The minimum absolute atomic E-state index is 0.108. The lowest BCUT2D eigenvalue weighted by Gasteiger charge is -2.34. The molecule has 0 heterocycles. The van der Waals surface area contributed by atoms with Gasteiger partial charge in [0.15, 0.2) is 0 Å². The van der Waals surface area contributed by atoms with Crippen molar-refractivity contribution in [3.05, 3.63) is 0 Å². The molecule has 2 N–H and O–H groups in total. The van der Waals surface area contributed by atoms with Crippen LogP contribution in [0.25, 0.3) is 0 Å². The van der Waals surface area contributed by atoms with Crippen LogP contribution in [0.1, 0.15) is 46.0 Å². The highest BCUT2D eigenvalue weighted by Crippen LogP contribution is 2.26. The zero-order chi connectivity index (χ0) is 11.4. The maximum Gasteiger partial charge on any atom is 0.239 e. The normalized spacial score (nSPS) is 28.5. The molecular weight excluding hydrogens is 188 g/mol. The molecule has 1 fully saturated rings. The summed E-state index contributed by atoms with van der Waals surface area (Å²) in [6, 6.07) is 0.112. The summed E-state index contributed by atoms with van der Waals surface area (Å²) in [7, 11) is 1.90. The van der Waals surface area contributed by atoms with E-state index in [2.05, 4.69) is 6.92 Å². The van der Waals surface area contributed by atoms with Gasteiger partial charge in [-0.05, 0) is 38.0 Å². The Morgan fingerprint density at radius 2 is 1.93 bits per heavy atom. The third-order valence-electron chi connectivity index (χ3n) is 3.64. The van der Waals surface area contributed by atoms with Crippen LogP contribution in [-0.2, 0) is 4.79 Å². The minimum Gasteiger partial charge on any atom is -0.341 e. The van der Waals surface area contributed by atoms with E-state index >= 15 is 0 Å². The molecule has 1 saturated carbocycles. The Bertz CT molecular complexity index is 210. The Morgan fingerprint density at radius 3 is 2.40 bits per heavy atom. The first-order valence-electron chi connectivity index (χ1n) is 6.08. The summed E-state index contributed by atoms with van der Waals surface area (Å²) in [5.41, 5.74) is 5.76. The zero-order valence-corrected chi connectivity index (χ0v) is 10.2. The van der Waals surface area contributed by atoms with Crippen molar-refractivity contribution < 1.29 is 4.79 Å². The van der Waals surface area contributed by atoms with Crippen molar-refractivity contribution in [2.75, 3.05) is 7.05 Å². The second-order valence-corrected chi connectivity index (χ2v) is 4.88. The van der Waals surface area contributed by atoms with Crippen LogP contribution in [0.2, 0.25) is 0 Å². The van der Waals surface area contributed by atoms with Crippen LogP contribution in [-0.4, -0.2) is 29.9 Å². The van der Waals surface area contributed by atoms with E-state index in [-0.39, 0.29) is 11.9 Å². The number of carbonyl (C=O) groups excluding carboxylic acids is 1. The van der Waals surface area contributed by atoms with Crippen LogP contribution in [0.5, 0.6) is 0 Å². The Kier molecular flexibility index (Phi) is 4.58. The molecule has 1 aliphatic carbocycles. The fourth-order valence-electron chi connectivity index (χ4n) is 2.25. The van der Waals surface area contributed by atoms with Gasteiger partial charge in [0.05, 0.1) is 6.04 Å². The van der Waals surface area contributed by atoms with Crippen LogP contribution in [0, 0.1) is 5.92 Å². The van der Waals surface area contributed by atoms with Crippen molar-refractivity contribution in [3.8, 4) is 0 Å². The predicted octanol–water partition coefficient (Wildman–Crippen LogP) is 1.76. The standard InChI is InChI=1S/C12H24N2O/c1-4-11(13)12(15)14(3)10-7-5-9(2)6-8-10/h9-11H,4-8,13H2,1-3H3. The number of carbonyl (C=O) groups is 1. The van der Waals surface area contributed by atoms with Gasteiger partial charge in [0.1, 0.15) is 0 Å². The first-order valence-corrected chi connectivity index (χ1v) is 6.08. The molecule has 0 saturated heterocycles. The molecule has 1 unspecified atom stereocenters. The number of hydrogen-bond donors (Lipinski definition) is 1. The molecule has 1 amide bonds. The lowest BCUT2D eigenvalue weighted by atomic mass is 9.86. The maximum atomic E-state index is 11.9. The minimum atomic E-state index is -0.311. The summed E-state index contributed by atoms with van der Waals surface area (Å²) in [6.07, 6.45) is 5.49. The van der Waals surface area contributed by atoms with Crippen molar-refractivity contribution >= 4 is 5.91 Å². The summed E-state index contributed by atoms with van der Waals surface area (Å²) in [5, 5.41) is 0. The van der Waals surface area contributed by atoms with Crippen LogP contribution >= 0.6 is 0 Å². The molecule has 1 aliphatic rings. The third kappa shape index (κ3) is 3.20. The van der Waals surface area contributed by atoms with Crippen molar-refractivity contribution in [1.29, 1.82) is 0 Å². The maximum absolute atomic E-state index is 11.9. The van der Waals surface area contributed by atoms with Crippen molar-refractivity contribution in [2.45, 2.75) is 58.0 Å². The van der Waals surface area contributed by atoms with Gasteiger partial charge < -0.3 is 10.6 Å². The fourth-order valence-corrected chi connectivity index (χ4v) is 2.25. The number of nitrogens with zero attached hydrogens (tertiary/aromatic N) is 1. The lowest BCUT2D eigenvalue weighted by Crippen LogP contribution is -2.47. The Balaban J connectivity index is 2.46. The van der Waals surface area contributed by atoms with Gasteiger partial charge in [-0.3, -0.25) is 4.79 Å². The highest BCUT2D eigenvalue weighted by Gasteiger charge is 2.26. The van der Waals surface area contributed by atoms with E-state index in [1.54, 1.807) is 0 Å². The van der Waals surface area contributed by atoms with Gasteiger partial charge in [0.25, 0.3) is 0 Å². The fraction of sp³-hybridized carbons (Fsp3) is 0.917. The highest BCUT2D eigenvalue weighted by molar-refractivity contribution is 5.81. The molecule has 88 valence electrons. The molecule has 3 heteroatoms. The number of likely N-dealkylation sites (N-methyl/N-ethyl adjacent to an activating group) is 1. The first kappa shape index (κ1) is 12.5. The average molecular weight is 212 g/mol. The molecule has 0 aromatic carbocycles. The van der Waals surface area contributed by atoms with Crippen LogP contribution in [0.15, 0.2) is 0 Å². The van der Waals surface area contributed by atoms with Crippen molar-refractivity contribution in [2.24, 2.45) is 11.7 Å². The lowest BCUT2D eigenvalue weighted by molar-refractivity contribution is -0.134. The van der Waals surface area contributed by atoms with E-state index in [4.69, 9.17) is 5.73 Å². The van der Waals surface area contributed by atoms with E-state index < -0.39 is 0 Å². The summed E-state index contributed by atoms with van der Waals surface area (Å²) in [4.78, 5) is 13.7. The summed E-state index contributed by atoms with van der Waals surface area (Å²) in [6.45, 7) is 4.25. The molecule has 0 aromatic rings. The average Bonchev–Trinajstić information content (AvgIpc) is 2.27. The molecule has 15 heavy (non-hydrogen) atoms. The monoisotopic (exact) mass is 212 g/mol. The summed E-state index contributed by atoms with van der Waals surface area (Å²) in [5.74, 6) is 0.932. The van der Waals surface area contributed by atoms with Gasteiger partial charge in [-0.25, -0.2) is 0 Å². The Morgan fingerprint density at radius 1 is 1.40 bits per heavy atom. The first-order chi connectivity index (χ1) is 7.06. The van der Waals surface area contributed by atoms with Crippen molar-refractivity contribution in [1.82, 2.24) is 4.90 Å². The largest absolute Gasteiger partial charge is 0.341 e. The van der Waals surface area contributed by atoms with Crippen LogP contribution in [0.3, 0.4) is 0 Å². The summed E-state index contributed by atoms with van der Waals surface area (Å²) < 4.78 is 0. The molecular formula is C12H24N2O. The van der Waals surface area contributed by atoms with Gasteiger partial charge >= 0.3 is 0 Å². The Hall–Kier alpha value is -0.570. The highest BCUT2D eigenvalue weighted by atomic mass is 16.2. The SMILES string of the molecule is CCC(N)C(=O)N(C)C1CCC(C)CC1. The van der Waals surface area contributed by atoms with E-state index in [9.17, 15) is 4.79 Å². The van der Waals surface area contributed by atoms with E-state index in [1.807, 2.05) is 18.9 Å². The van der Waals surface area contributed by atoms with E-state index in [1.165, 1.54) is 12.8 Å². The molecule has 0 spiro atoms. The molecule has 0 radical (unpaired) electrons. The van der Waals surface area contributed by atoms with Gasteiger partial charge in [-0.2, -0.15) is 0 Å². The van der Waals surface area contributed by atoms with Gasteiger partial charge in [-0.1, -0.05) is 13.8 Å². The number of hydrogen-bond acceptors (Lipinski definition) is 2. The molecule has 1 atom stereocenters. The molecule has 3 nitrogen and oxygen atoms in total. The quantitative estimate of drug-likeness (QED) is 0.775. The topological polar surface area (TPSA) is 46.3 Å². The second-order valence-electron chi connectivity index (χ2n) is 4.88. The van der Waals surface area contributed by atoms with E-state index in [0.29, 0.717) is 6.04 Å². The zero-order valence-electron chi connectivity index (χ0n) is 10.2. The number of amides is 1. The van der Waals surface area contributed by atoms with Gasteiger partial charge in [-0.15, -0.1) is 0 Å². The number of nitrogens with two attached hydrogens (primary N) is 1. The second kappa shape index (κ2) is 5.50. The molecule has 1 rings (SSSR count). The van der Waals surface area contributed by atoms with Crippen LogP contribution < -0.4 is 5.73 Å². The van der Waals surface area contributed by atoms with Gasteiger partial charge in [0.2, 0.25) is 5.91 Å². The smallest absolute Gasteiger partial charge is 0.239 e. The van der Waals surface area contributed by atoms with E-state index in [0.717, 1.165) is 25.2 Å². The van der Waals surface area contributed by atoms with Crippen LogP contribution in [0.4, 0.5) is 0 Å².